The molecule has 4 heteroatoms. The topological polar surface area (TPSA) is 51.8 Å². The lowest BCUT2D eigenvalue weighted by atomic mass is 10.2. The predicted octanol–water partition coefficient (Wildman–Crippen LogP) is 2.63. The van der Waals surface area contributed by atoms with Crippen LogP contribution >= 0.6 is 11.8 Å². The van der Waals surface area contributed by atoms with E-state index in [1.807, 2.05) is 25.1 Å². The minimum atomic E-state index is 0.444. The number of hydrogen-bond donors (Lipinski definition) is 1. The number of hydrogen-bond acceptors (Lipinski definition) is 4. The van der Waals surface area contributed by atoms with E-state index in [9.17, 15) is 0 Å². The molecule has 0 bridgehead atoms. The first kappa shape index (κ1) is 12.1. The van der Waals surface area contributed by atoms with Gasteiger partial charge in [-0.1, -0.05) is 12.1 Å². The van der Waals surface area contributed by atoms with Gasteiger partial charge in [0.2, 0.25) is 0 Å². The molecule has 2 aromatic rings. The molecule has 0 saturated carbocycles. The quantitative estimate of drug-likeness (QED) is 0.845. The second-order valence-electron chi connectivity index (χ2n) is 3.76. The molecular formula is C13H15N3S. The van der Waals surface area contributed by atoms with Crippen molar-refractivity contribution in [2.45, 2.75) is 18.4 Å². The zero-order valence-electron chi connectivity index (χ0n) is 9.97. The Morgan fingerprint density at radius 1 is 1.18 bits per heavy atom. The molecule has 0 aliphatic rings. The summed E-state index contributed by atoms with van der Waals surface area (Å²) < 4.78 is 0. The van der Waals surface area contributed by atoms with Gasteiger partial charge in [0.15, 0.2) is 5.82 Å². The van der Waals surface area contributed by atoms with E-state index in [4.69, 9.17) is 5.73 Å². The highest BCUT2D eigenvalue weighted by atomic mass is 32.2. The van der Waals surface area contributed by atoms with E-state index in [-0.39, 0.29) is 0 Å². The maximum atomic E-state index is 5.62. The monoisotopic (exact) mass is 245 g/mol. The Hall–Kier alpha value is -1.39. The number of aryl methyl sites for hydroxylation is 1. The van der Waals surface area contributed by atoms with Crippen molar-refractivity contribution < 1.29 is 0 Å². The molecule has 1 aromatic carbocycles. The van der Waals surface area contributed by atoms with Crippen LogP contribution in [0.3, 0.4) is 0 Å². The predicted molar refractivity (Wildman–Crippen MR) is 71.9 cm³/mol. The molecule has 1 heterocycles. The van der Waals surface area contributed by atoms with Crippen LogP contribution in [0, 0.1) is 6.92 Å². The summed E-state index contributed by atoms with van der Waals surface area (Å²) in [4.78, 5) is 10.1. The van der Waals surface area contributed by atoms with Crippen LogP contribution in [0.2, 0.25) is 0 Å². The minimum Gasteiger partial charge on any atom is -0.325 e. The Morgan fingerprint density at radius 3 is 2.47 bits per heavy atom. The smallest absolute Gasteiger partial charge is 0.159 e. The molecule has 0 spiro atoms. The Bertz CT molecular complexity index is 509. The second-order valence-corrected chi connectivity index (χ2v) is 4.64. The molecule has 17 heavy (non-hydrogen) atoms. The molecule has 2 N–H and O–H groups in total. The molecule has 0 saturated heterocycles. The lowest BCUT2D eigenvalue weighted by molar-refractivity contribution is 0.953. The van der Waals surface area contributed by atoms with Crippen LogP contribution in [0.4, 0.5) is 0 Å². The summed E-state index contributed by atoms with van der Waals surface area (Å²) in [5.41, 5.74) is 8.47. The summed E-state index contributed by atoms with van der Waals surface area (Å²) in [5, 5.41) is 0. The fourth-order valence-corrected chi connectivity index (χ4v) is 2.02. The Balaban J connectivity index is 2.41. The van der Waals surface area contributed by atoms with Crippen molar-refractivity contribution >= 4 is 11.8 Å². The van der Waals surface area contributed by atoms with Crippen molar-refractivity contribution in [1.82, 2.24) is 9.97 Å². The number of thioether (sulfide) groups is 1. The number of aromatic nitrogens is 2. The molecule has 3 nitrogen and oxygen atoms in total. The van der Waals surface area contributed by atoms with Crippen molar-refractivity contribution in [3.63, 3.8) is 0 Å². The molecule has 0 amide bonds. The molecular weight excluding hydrogens is 230 g/mol. The van der Waals surface area contributed by atoms with Gasteiger partial charge < -0.3 is 5.73 Å². The van der Waals surface area contributed by atoms with E-state index in [2.05, 4.69) is 28.4 Å². The van der Waals surface area contributed by atoms with Gasteiger partial charge in [-0.25, -0.2) is 9.97 Å². The highest BCUT2D eigenvalue weighted by Crippen LogP contribution is 2.20. The summed E-state index contributed by atoms with van der Waals surface area (Å²) in [6, 6.07) is 10.2. The molecule has 0 aliphatic heterocycles. The molecule has 1 aromatic heterocycles. The van der Waals surface area contributed by atoms with Crippen LogP contribution in [-0.4, -0.2) is 16.2 Å². The number of nitrogens with zero attached hydrogens (tertiary/aromatic N) is 2. The fourth-order valence-electron chi connectivity index (χ4n) is 1.61. The third kappa shape index (κ3) is 2.84. The standard InChI is InChI=1S/C13H15N3S/c1-9-7-11(8-14)16-13(15-9)10-3-5-12(17-2)6-4-10/h3-7H,8,14H2,1-2H3. The summed E-state index contributed by atoms with van der Waals surface area (Å²) in [6.45, 7) is 2.40. The Morgan fingerprint density at radius 2 is 1.88 bits per heavy atom. The van der Waals surface area contributed by atoms with Crippen molar-refractivity contribution in [3.05, 3.63) is 41.7 Å². The van der Waals surface area contributed by atoms with E-state index in [0.717, 1.165) is 22.8 Å². The van der Waals surface area contributed by atoms with Crippen LogP contribution in [0.15, 0.2) is 35.2 Å². The summed E-state index contributed by atoms with van der Waals surface area (Å²) >= 11 is 1.72. The number of rotatable bonds is 3. The molecule has 0 atom stereocenters. The number of nitrogens with two attached hydrogens (primary N) is 1. The van der Waals surface area contributed by atoms with Gasteiger partial charge >= 0.3 is 0 Å². The van der Waals surface area contributed by atoms with Crippen LogP contribution in [0.5, 0.6) is 0 Å². The number of benzene rings is 1. The Labute approximate surface area is 105 Å². The first-order chi connectivity index (χ1) is 8.22. The van der Waals surface area contributed by atoms with Gasteiger partial charge in [-0.2, -0.15) is 0 Å². The van der Waals surface area contributed by atoms with E-state index < -0.39 is 0 Å². The summed E-state index contributed by atoms with van der Waals surface area (Å²) in [5.74, 6) is 0.748. The summed E-state index contributed by atoms with van der Waals surface area (Å²) in [6.07, 6.45) is 2.06. The SMILES string of the molecule is CSc1ccc(-c2nc(C)cc(CN)n2)cc1. The zero-order chi connectivity index (χ0) is 12.3. The van der Waals surface area contributed by atoms with Gasteiger partial charge in [0.25, 0.3) is 0 Å². The normalized spacial score (nSPS) is 10.5. The lowest BCUT2D eigenvalue weighted by Gasteiger charge is -2.05. The van der Waals surface area contributed by atoms with Gasteiger partial charge in [0.05, 0.1) is 5.69 Å². The van der Waals surface area contributed by atoms with Gasteiger partial charge in [-0.15, -0.1) is 11.8 Å². The van der Waals surface area contributed by atoms with E-state index in [1.54, 1.807) is 11.8 Å². The molecule has 0 radical (unpaired) electrons. The van der Waals surface area contributed by atoms with Gasteiger partial charge in [0, 0.05) is 22.7 Å². The van der Waals surface area contributed by atoms with Gasteiger partial charge in [0.1, 0.15) is 0 Å². The second kappa shape index (κ2) is 5.29. The van der Waals surface area contributed by atoms with Crippen molar-refractivity contribution in [1.29, 1.82) is 0 Å². The van der Waals surface area contributed by atoms with Crippen LogP contribution in [-0.2, 0) is 6.54 Å². The first-order valence-electron chi connectivity index (χ1n) is 5.42. The largest absolute Gasteiger partial charge is 0.325 e. The maximum absolute atomic E-state index is 5.62. The molecule has 0 aliphatic carbocycles. The zero-order valence-corrected chi connectivity index (χ0v) is 10.8. The summed E-state index contributed by atoms with van der Waals surface area (Å²) in [7, 11) is 0. The van der Waals surface area contributed by atoms with E-state index in [0.29, 0.717) is 6.54 Å². The van der Waals surface area contributed by atoms with E-state index >= 15 is 0 Å². The van der Waals surface area contributed by atoms with Crippen molar-refractivity contribution in [2.24, 2.45) is 5.73 Å². The molecule has 0 fully saturated rings. The van der Waals surface area contributed by atoms with E-state index in [1.165, 1.54) is 4.90 Å². The maximum Gasteiger partial charge on any atom is 0.159 e. The lowest BCUT2D eigenvalue weighted by Crippen LogP contribution is -2.03. The highest BCUT2D eigenvalue weighted by Gasteiger charge is 2.04. The highest BCUT2D eigenvalue weighted by molar-refractivity contribution is 7.98. The Kier molecular flexibility index (Phi) is 3.76. The minimum absolute atomic E-state index is 0.444. The van der Waals surface area contributed by atoms with Crippen molar-refractivity contribution in [3.8, 4) is 11.4 Å². The average Bonchev–Trinajstić information content (AvgIpc) is 2.38. The third-order valence-electron chi connectivity index (χ3n) is 2.46. The molecule has 88 valence electrons. The molecule has 0 unspecified atom stereocenters. The fraction of sp³-hybridized carbons (Fsp3) is 0.231. The van der Waals surface area contributed by atoms with Crippen LogP contribution < -0.4 is 5.73 Å². The van der Waals surface area contributed by atoms with Crippen molar-refractivity contribution in [2.75, 3.05) is 6.26 Å². The first-order valence-corrected chi connectivity index (χ1v) is 6.64. The molecule has 2 rings (SSSR count). The van der Waals surface area contributed by atoms with Crippen LogP contribution in [0.1, 0.15) is 11.4 Å². The van der Waals surface area contributed by atoms with Gasteiger partial charge in [-0.05, 0) is 31.4 Å². The average molecular weight is 245 g/mol. The van der Waals surface area contributed by atoms with Gasteiger partial charge in [-0.3, -0.25) is 0 Å². The third-order valence-corrected chi connectivity index (χ3v) is 3.21. The van der Waals surface area contributed by atoms with Crippen LogP contribution in [0.25, 0.3) is 11.4 Å².